The van der Waals surface area contributed by atoms with Gasteiger partial charge >= 0.3 is 11.9 Å². The predicted octanol–water partition coefficient (Wildman–Crippen LogP) is 1.93. The van der Waals surface area contributed by atoms with Gasteiger partial charge in [-0.05, 0) is 26.0 Å². The average Bonchev–Trinajstić information content (AvgIpc) is 2.84. The van der Waals surface area contributed by atoms with Crippen LogP contribution in [0.3, 0.4) is 0 Å². The van der Waals surface area contributed by atoms with Crippen molar-refractivity contribution in [3.05, 3.63) is 35.4 Å². The van der Waals surface area contributed by atoms with Crippen LogP contribution in [0, 0.1) is 0 Å². The van der Waals surface area contributed by atoms with Crippen LogP contribution in [-0.4, -0.2) is 52.7 Å². The lowest BCUT2D eigenvalue weighted by atomic mass is 10.1. The Morgan fingerprint density at radius 2 is 1.48 bits per heavy atom. The van der Waals surface area contributed by atoms with Gasteiger partial charge in [0.2, 0.25) is 0 Å². The van der Waals surface area contributed by atoms with Gasteiger partial charge < -0.3 is 9.47 Å². The Morgan fingerprint density at radius 3 is 1.96 bits per heavy atom. The lowest BCUT2D eigenvalue weighted by Gasteiger charge is -2.25. The number of benzene rings is 1. The van der Waals surface area contributed by atoms with E-state index in [4.69, 9.17) is 9.47 Å². The van der Waals surface area contributed by atoms with Crippen LogP contribution in [0.4, 0.5) is 0 Å². The van der Waals surface area contributed by atoms with Crippen molar-refractivity contribution in [3.63, 3.8) is 0 Å². The molecule has 0 radical (unpaired) electrons. The normalized spacial score (nSPS) is 15.6. The maximum absolute atomic E-state index is 12.6. The van der Waals surface area contributed by atoms with E-state index in [1.807, 2.05) is 0 Å². The molecule has 2 rings (SSSR count). The SMILES string of the molecule is CCOC(=O)[C@H](Br)C[C@@H](C(=O)OCC)N1C(=O)c2ccccc2C1=O. The molecule has 1 aliphatic rings. The number of carbonyl (C=O) groups excluding carboxylic acids is 4. The molecule has 0 fully saturated rings. The Balaban J connectivity index is 2.30. The van der Waals surface area contributed by atoms with E-state index in [0.717, 1.165) is 4.90 Å². The lowest BCUT2D eigenvalue weighted by Crippen LogP contribution is -2.47. The number of imide groups is 1. The van der Waals surface area contributed by atoms with Crippen molar-refractivity contribution >= 4 is 39.7 Å². The summed E-state index contributed by atoms with van der Waals surface area (Å²) in [5.41, 5.74) is 0.452. The molecule has 0 spiro atoms. The van der Waals surface area contributed by atoms with Crippen LogP contribution >= 0.6 is 15.9 Å². The van der Waals surface area contributed by atoms with Crippen LogP contribution in [-0.2, 0) is 19.1 Å². The molecule has 1 aromatic rings. The minimum atomic E-state index is -1.22. The molecule has 2 atom stereocenters. The third-order valence-corrected chi connectivity index (χ3v) is 4.42. The zero-order valence-electron chi connectivity index (χ0n) is 13.9. The zero-order valence-corrected chi connectivity index (χ0v) is 15.4. The Hall–Kier alpha value is -2.22. The number of esters is 2. The van der Waals surface area contributed by atoms with E-state index in [1.165, 1.54) is 12.1 Å². The van der Waals surface area contributed by atoms with Crippen molar-refractivity contribution in [2.75, 3.05) is 13.2 Å². The first-order valence-corrected chi connectivity index (χ1v) is 8.78. The first-order chi connectivity index (χ1) is 11.9. The van der Waals surface area contributed by atoms with Gasteiger partial charge in [0.05, 0.1) is 24.3 Å². The Bertz CT molecular complexity index is 669. The fraction of sp³-hybridized carbons (Fsp3) is 0.412. The molecule has 0 N–H and O–H groups in total. The number of fused-ring (bicyclic) bond motifs is 1. The number of carbonyl (C=O) groups is 4. The van der Waals surface area contributed by atoms with E-state index in [2.05, 4.69) is 15.9 Å². The summed E-state index contributed by atoms with van der Waals surface area (Å²) < 4.78 is 9.89. The average molecular weight is 412 g/mol. The van der Waals surface area contributed by atoms with E-state index < -0.39 is 34.6 Å². The van der Waals surface area contributed by atoms with Crippen LogP contribution in [0.1, 0.15) is 41.0 Å². The summed E-state index contributed by atoms with van der Waals surface area (Å²) >= 11 is 3.15. The quantitative estimate of drug-likeness (QED) is 0.386. The fourth-order valence-corrected chi connectivity index (χ4v) is 3.05. The summed E-state index contributed by atoms with van der Waals surface area (Å²) in [6.07, 6.45) is -0.136. The number of alkyl halides is 1. The van der Waals surface area contributed by atoms with Crippen LogP contribution in [0.2, 0.25) is 0 Å². The summed E-state index contributed by atoms with van der Waals surface area (Å²) in [6, 6.07) is 5.10. The first kappa shape index (κ1) is 19.1. The molecule has 2 amide bonds. The van der Waals surface area contributed by atoms with Crippen LogP contribution < -0.4 is 0 Å². The fourth-order valence-electron chi connectivity index (χ4n) is 2.56. The van der Waals surface area contributed by atoms with Gasteiger partial charge in [-0.25, -0.2) is 4.79 Å². The summed E-state index contributed by atoms with van der Waals surface area (Å²) in [7, 11) is 0. The number of amides is 2. The van der Waals surface area contributed by atoms with Crippen molar-refractivity contribution < 1.29 is 28.7 Å². The third kappa shape index (κ3) is 3.89. The molecule has 0 aromatic heterocycles. The molecule has 0 unspecified atom stereocenters. The summed E-state index contributed by atoms with van der Waals surface area (Å²) in [6.45, 7) is 3.54. The molecule has 134 valence electrons. The summed E-state index contributed by atoms with van der Waals surface area (Å²) in [5, 5.41) is 0. The van der Waals surface area contributed by atoms with Crippen LogP contribution in [0.25, 0.3) is 0 Å². The molecule has 0 saturated heterocycles. The Labute approximate surface area is 153 Å². The highest BCUT2D eigenvalue weighted by Gasteiger charge is 2.44. The predicted molar refractivity (Wildman–Crippen MR) is 91.3 cm³/mol. The van der Waals surface area contributed by atoms with Crippen molar-refractivity contribution in [1.29, 1.82) is 0 Å². The highest BCUT2D eigenvalue weighted by molar-refractivity contribution is 9.10. The van der Waals surface area contributed by atoms with E-state index in [9.17, 15) is 19.2 Å². The summed E-state index contributed by atoms with van der Waals surface area (Å²) in [5.74, 6) is -2.48. The van der Waals surface area contributed by atoms with Gasteiger partial charge in [0.15, 0.2) is 0 Å². The molecule has 1 aliphatic heterocycles. The molecule has 0 saturated carbocycles. The van der Waals surface area contributed by atoms with E-state index >= 15 is 0 Å². The Morgan fingerprint density at radius 1 is 1.00 bits per heavy atom. The number of halogens is 1. The molecular formula is C17H18BrNO6. The maximum Gasteiger partial charge on any atom is 0.329 e. The highest BCUT2D eigenvalue weighted by Crippen LogP contribution is 2.27. The van der Waals surface area contributed by atoms with Crippen molar-refractivity contribution in [2.24, 2.45) is 0 Å². The second-order valence-electron chi connectivity index (χ2n) is 5.25. The minimum absolute atomic E-state index is 0.0882. The standard InChI is InChI=1S/C17H18BrNO6/c1-3-24-16(22)12(18)9-13(17(23)25-4-2)19-14(20)10-7-5-6-8-11(10)15(19)21/h5-8,12-13H,3-4,9H2,1-2H3/t12-,13+/m1/s1. The highest BCUT2D eigenvalue weighted by atomic mass is 79.9. The molecule has 1 heterocycles. The van der Waals surface area contributed by atoms with Gasteiger partial charge in [-0.1, -0.05) is 28.1 Å². The smallest absolute Gasteiger partial charge is 0.329 e. The molecule has 0 aliphatic carbocycles. The number of ether oxygens (including phenoxy) is 2. The van der Waals surface area contributed by atoms with E-state index in [-0.39, 0.29) is 30.8 Å². The molecule has 1 aromatic carbocycles. The topological polar surface area (TPSA) is 90.0 Å². The van der Waals surface area contributed by atoms with Crippen molar-refractivity contribution in [3.8, 4) is 0 Å². The van der Waals surface area contributed by atoms with Gasteiger partial charge in [0.1, 0.15) is 10.9 Å². The van der Waals surface area contributed by atoms with Gasteiger partial charge in [-0.3, -0.25) is 19.3 Å². The molecule has 7 nitrogen and oxygen atoms in total. The second-order valence-corrected chi connectivity index (χ2v) is 6.35. The van der Waals surface area contributed by atoms with E-state index in [0.29, 0.717) is 0 Å². The van der Waals surface area contributed by atoms with Gasteiger partial charge in [0, 0.05) is 6.42 Å². The van der Waals surface area contributed by atoms with Gasteiger partial charge in [-0.2, -0.15) is 0 Å². The lowest BCUT2D eigenvalue weighted by molar-refractivity contribution is -0.148. The van der Waals surface area contributed by atoms with Gasteiger partial charge in [0.25, 0.3) is 11.8 Å². The first-order valence-electron chi connectivity index (χ1n) is 7.86. The molecule has 0 bridgehead atoms. The number of hydrogen-bond acceptors (Lipinski definition) is 6. The van der Waals surface area contributed by atoms with Crippen molar-refractivity contribution in [1.82, 2.24) is 4.90 Å². The van der Waals surface area contributed by atoms with Crippen LogP contribution in [0.15, 0.2) is 24.3 Å². The zero-order chi connectivity index (χ0) is 18.6. The largest absolute Gasteiger partial charge is 0.465 e. The minimum Gasteiger partial charge on any atom is -0.465 e. The monoisotopic (exact) mass is 411 g/mol. The number of nitrogens with zero attached hydrogens (tertiary/aromatic N) is 1. The summed E-state index contributed by atoms with van der Waals surface area (Å²) in [4.78, 5) is 49.4. The van der Waals surface area contributed by atoms with Crippen molar-refractivity contribution in [2.45, 2.75) is 31.1 Å². The number of rotatable bonds is 7. The molecule has 8 heteroatoms. The molecular weight excluding hydrogens is 394 g/mol. The Kier molecular flexibility index (Phi) is 6.30. The third-order valence-electron chi connectivity index (χ3n) is 3.67. The second kappa shape index (κ2) is 8.24. The van der Waals surface area contributed by atoms with Crippen LogP contribution in [0.5, 0.6) is 0 Å². The van der Waals surface area contributed by atoms with Gasteiger partial charge in [-0.15, -0.1) is 0 Å². The number of hydrogen-bond donors (Lipinski definition) is 0. The molecule has 25 heavy (non-hydrogen) atoms. The van der Waals surface area contributed by atoms with E-state index in [1.54, 1.807) is 26.0 Å². The maximum atomic E-state index is 12.6.